The van der Waals surface area contributed by atoms with E-state index in [1.54, 1.807) is 65.8 Å². The number of hydrogen-bond acceptors (Lipinski definition) is 16. The Balaban J connectivity index is 1.69. The number of hydrogen-bond donors (Lipinski definition) is 5. The quantitative estimate of drug-likeness (QED) is 0.115. The highest BCUT2D eigenvalue weighted by molar-refractivity contribution is 6.39. The van der Waals surface area contributed by atoms with E-state index in [0.29, 0.717) is 62.5 Å². The van der Waals surface area contributed by atoms with Crippen molar-refractivity contribution < 1.29 is 82.1 Å². The van der Waals surface area contributed by atoms with Gasteiger partial charge in [0.25, 0.3) is 11.7 Å². The number of rotatable bonds is 9. The second-order valence-corrected chi connectivity index (χ2v) is 21.2. The van der Waals surface area contributed by atoms with Gasteiger partial charge in [0.2, 0.25) is 5.79 Å². The second kappa shape index (κ2) is 27.6. The Hall–Kier alpha value is -3.94. The average Bonchev–Trinajstić information content (AvgIpc) is 3.36. The fraction of sp³-hybridized carbons (Fsp3) is 0.745. The normalized spacial score (nSPS) is 37.0. The molecule has 2 saturated heterocycles. The summed E-state index contributed by atoms with van der Waals surface area (Å²) in [5.41, 5.74) is -1.66. The van der Waals surface area contributed by atoms with E-state index >= 15 is 0 Å². The Bertz CT molecular complexity index is 2100. The molecular formula is C55H85NO16. The topological polar surface area (TPSA) is 253 Å². The summed E-state index contributed by atoms with van der Waals surface area (Å²) in [6, 6.07) is -1.27. The van der Waals surface area contributed by atoms with E-state index < -0.39 is 127 Å². The Labute approximate surface area is 430 Å². The van der Waals surface area contributed by atoms with Crippen LogP contribution < -0.4 is 0 Å². The third-order valence-corrected chi connectivity index (χ3v) is 15.4. The van der Waals surface area contributed by atoms with Crippen LogP contribution in [-0.2, 0) is 52.5 Å². The zero-order chi connectivity index (χ0) is 56.2. The van der Waals surface area contributed by atoms with E-state index in [2.05, 4.69) is 0 Å². The van der Waals surface area contributed by atoms with Gasteiger partial charge in [-0.15, -0.1) is 0 Å². The van der Waals surface area contributed by atoms with Crippen molar-refractivity contribution in [1.29, 1.82) is 0 Å². The van der Waals surface area contributed by atoms with E-state index in [9.17, 15) is 54.3 Å². The molecule has 0 spiro atoms. The van der Waals surface area contributed by atoms with Gasteiger partial charge >= 0.3 is 11.9 Å². The van der Waals surface area contributed by atoms with Crippen molar-refractivity contribution in [3.8, 4) is 0 Å². The van der Waals surface area contributed by atoms with E-state index in [1.165, 1.54) is 14.2 Å². The summed E-state index contributed by atoms with van der Waals surface area (Å²) in [6.45, 7) is 6.61. The molecule has 72 heavy (non-hydrogen) atoms. The molecule has 1 saturated carbocycles. The lowest BCUT2D eigenvalue weighted by Crippen LogP contribution is -2.61. The van der Waals surface area contributed by atoms with E-state index in [1.807, 2.05) is 19.1 Å². The lowest BCUT2D eigenvalue weighted by atomic mass is 9.78. The first kappa shape index (κ1) is 55.8. The molecule has 0 aromatic carbocycles. The van der Waals surface area contributed by atoms with Crippen molar-refractivity contribution in [3.05, 3.63) is 47.6 Å². The lowest BCUT2D eigenvalue weighted by molar-refractivity contribution is -0.265. The first-order valence-electron chi connectivity index (χ1n) is 27.3. The van der Waals surface area contributed by atoms with Crippen molar-refractivity contribution in [2.24, 2.45) is 40.9 Å². The number of methoxy groups -OCH3 is 2. The van der Waals surface area contributed by atoms with Gasteiger partial charge in [-0.1, -0.05) is 71.1 Å². The third-order valence-electron chi connectivity index (χ3n) is 15.4. The summed E-state index contributed by atoms with van der Waals surface area (Å²) in [6.07, 6.45) is 6.54. The van der Waals surface area contributed by atoms with Crippen LogP contribution in [0.5, 0.6) is 0 Å². The Kier molecular flexibility index (Phi) is 21.4. The maximum Gasteiger partial charge on any atom is 0.329 e. The minimum atomic E-state index is -3.08. The fourth-order valence-corrected chi connectivity index (χ4v) is 10.4. The molecule has 2 bridgehead atoms. The van der Waals surface area contributed by atoms with Crippen LogP contribution in [-0.4, -0.2) is 154 Å². The van der Waals surface area contributed by atoms with Gasteiger partial charge in [0.1, 0.15) is 41.7 Å². The van der Waals surface area contributed by atoms with E-state index in [0.717, 1.165) is 4.90 Å². The number of cyclic esters (lactones) is 1. The van der Waals surface area contributed by atoms with Crippen LogP contribution in [0.15, 0.2) is 47.6 Å². The summed E-state index contributed by atoms with van der Waals surface area (Å²) in [5.74, 6) is -10.7. The van der Waals surface area contributed by atoms with Gasteiger partial charge in [0.05, 0.1) is 31.5 Å². The molecule has 4 rings (SSSR count). The van der Waals surface area contributed by atoms with Crippen molar-refractivity contribution in [3.63, 3.8) is 0 Å². The second-order valence-electron chi connectivity index (χ2n) is 21.2. The molecule has 0 aromatic heterocycles. The minimum absolute atomic E-state index is 0.00874. The van der Waals surface area contributed by atoms with Crippen molar-refractivity contribution in [2.45, 2.75) is 187 Å². The monoisotopic (exact) mass is 1020 g/mol. The van der Waals surface area contributed by atoms with Crippen molar-refractivity contribution in [1.82, 2.24) is 4.90 Å². The molecule has 15 atom stereocenters. The number of carbonyl (C=O) groups excluding carboxylic acids is 6. The summed E-state index contributed by atoms with van der Waals surface area (Å²) in [7, 11) is 2.73. The van der Waals surface area contributed by atoms with Gasteiger partial charge in [-0.05, 0) is 114 Å². The van der Waals surface area contributed by atoms with E-state index in [4.69, 9.17) is 27.8 Å². The number of esters is 2. The molecule has 406 valence electrons. The lowest BCUT2D eigenvalue weighted by Gasteiger charge is -2.42. The number of ketones is 3. The van der Waals surface area contributed by atoms with Crippen LogP contribution in [0.1, 0.15) is 136 Å². The Morgan fingerprint density at radius 2 is 1.61 bits per heavy atom. The maximum absolute atomic E-state index is 14.5. The number of fused-ring (bicyclic) bond motifs is 3. The van der Waals surface area contributed by atoms with Crippen LogP contribution in [0.25, 0.3) is 0 Å². The first-order valence-corrected chi connectivity index (χ1v) is 25.8. The third kappa shape index (κ3) is 15.6. The molecule has 5 N–H and O–H groups in total. The maximum atomic E-state index is 14.5. The SMILES string of the molecule is [2H]C([2H])([2H])C(CO)(CO)C(=O)O[C@@H]1CC[C@@H](C[C@@H](C)[C@@H]2CC(=O)[C@H](C)/C=C(\C)[C@@H](O)[C@@H](OC)C(=O)[C@H](C)C[C@H](C)C=CC=CC=C(C)[C@@H](O)C[C@@H]3CC[C@@H](C)[C@@](O)(O3)C(=O)C(=O)N3CCCC[C@H]3C(=O)O2)C[C@H]1OC. The van der Waals surface area contributed by atoms with Gasteiger partial charge in [0.15, 0.2) is 5.78 Å². The summed E-state index contributed by atoms with van der Waals surface area (Å²) in [5, 5.41) is 54.4. The fourth-order valence-electron chi connectivity index (χ4n) is 10.4. The highest BCUT2D eigenvalue weighted by Crippen LogP contribution is 2.38. The van der Waals surface area contributed by atoms with Gasteiger partial charge in [-0.25, -0.2) is 4.79 Å². The number of carbonyl (C=O) groups is 6. The number of aliphatic hydroxyl groups excluding tert-OH is 4. The molecule has 3 fully saturated rings. The standard InChI is InChI=1S/C55H85NO16/c1-32-16-12-11-13-17-33(2)42(59)28-40-21-19-38(7)55(67,72-40)50(63)51(64)56-23-15-14-18-41(56)52(65)70-45(29-43(60)34(3)25-37(6)48(62)49(69-10)47(61)36(5)24-32)35(4)26-39-20-22-44(46(27-39)68-9)71-53(66)54(8,30-57)31-58/h11-13,16-17,25,32,34-36,38-42,44-46,48-49,57-59,62,67H,14-15,18-24,26-31H2,1-10H3/b13-11?,16-12?,33-17?,37-25+/t32-,34-,35-,36-,38-,39+,40+,41+,42+,44-,45+,46-,48-,49+,55-/m1/s1/i8D3. The first-order chi connectivity index (χ1) is 35.2. The summed E-state index contributed by atoms with van der Waals surface area (Å²) >= 11 is 0. The van der Waals surface area contributed by atoms with Gasteiger partial charge in [-0.2, -0.15) is 0 Å². The molecule has 1 amide bonds. The molecule has 17 nitrogen and oxygen atoms in total. The number of aliphatic hydroxyl groups is 5. The number of Topliss-reactive ketones (excluding diaryl/α,β-unsaturated/α-hetero) is 3. The summed E-state index contributed by atoms with van der Waals surface area (Å²) in [4.78, 5) is 85.4. The predicted molar refractivity (Wildman–Crippen MR) is 266 cm³/mol. The number of ether oxygens (including phenoxy) is 5. The molecular weight excluding hydrogens is 931 g/mol. The van der Waals surface area contributed by atoms with Gasteiger partial charge < -0.3 is 54.1 Å². The van der Waals surface area contributed by atoms with Crippen molar-refractivity contribution in [2.75, 3.05) is 34.0 Å². The van der Waals surface area contributed by atoms with Gasteiger partial charge in [-0.3, -0.25) is 24.0 Å². The van der Waals surface area contributed by atoms with Crippen LogP contribution in [0.4, 0.5) is 0 Å². The molecule has 0 radical (unpaired) electrons. The highest BCUT2D eigenvalue weighted by Gasteiger charge is 2.53. The van der Waals surface area contributed by atoms with Crippen LogP contribution in [0.2, 0.25) is 0 Å². The Morgan fingerprint density at radius 3 is 2.26 bits per heavy atom. The van der Waals surface area contributed by atoms with Gasteiger partial charge in [0, 0.05) is 55.5 Å². The summed E-state index contributed by atoms with van der Waals surface area (Å²) < 4.78 is 52.7. The number of nitrogens with zero attached hydrogens (tertiary/aromatic N) is 1. The van der Waals surface area contributed by atoms with Crippen molar-refractivity contribution >= 4 is 35.2 Å². The Morgan fingerprint density at radius 1 is 0.903 bits per heavy atom. The molecule has 3 heterocycles. The number of amides is 1. The molecule has 3 aliphatic heterocycles. The largest absolute Gasteiger partial charge is 0.460 e. The smallest absolute Gasteiger partial charge is 0.329 e. The predicted octanol–water partition coefficient (Wildman–Crippen LogP) is 5.07. The molecule has 4 aliphatic rings. The molecule has 1 aliphatic carbocycles. The zero-order valence-corrected chi connectivity index (χ0v) is 43.8. The van der Waals surface area contributed by atoms with Crippen LogP contribution in [0, 0.1) is 40.9 Å². The average molecular weight is 1020 g/mol. The van der Waals surface area contributed by atoms with Crippen LogP contribution >= 0.6 is 0 Å². The number of piperidine rings is 1. The minimum Gasteiger partial charge on any atom is -0.460 e. The van der Waals surface area contributed by atoms with E-state index in [-0.39, 0.29) is 55.6 Å². The zero-order valence-electron chi connectivity index (χ0n) is 46.8. The highest BCUT2D eigenvalue weighted by atomic mass is 16.6. The molecule has 0 aromatic rings. The number of allylic oxidation sites excluding steroid dienone is 6. The molecule has 0 unspecified atom stereocenters. The van der Waals surface area contributed by atoms with Crippen LogP contribution in [0.3, 0.4) is 0 Å². The molecule has 17 heteroatoms.